The van der Waals surface area contributed by atoms with Crippen molar-refractivity contribution >= 4 is 28.2 Å². The molecule has 0 radical (unpaired) electrons. The van der Waals surface area contributed by atoms with Gasteiger partial charge in [-0.25, -0.2) is 14.2 Å². The molecule has 5 nitrogen and oxygen atoms in total. The van der Waals surface area contributed by atoms with Crippen LogP contribution in [0.1, 0.15) is 17.5 Å². The van der Waals surface area contributed by atoms with E-state index in [1.165, 1.54) is 40.8 Å². The van der Waals surface area contributed by atoms with Crippen LogP contribution in [0.4, 0.5) is 20.0 Å². The van der Waals surface area contributed by atoms with Crippen LogP contribution in [0.2, 0.25) is 0 Å². The van der Waals surface area contributed by atoms with Crippen LogP contribution in [-0.2, 0) is 6.42 Å². The number of carbonyl (C=O) groups excluding carboxylic acids is 1. The van der Waals surface area contributed by atoms with Gasteiger partial charge in [-0.15, -0.1) is 0 Å². The zero-order valence-corrected chi connectivity index (χ0v) is 15.6. The molecule has 0 spiro atoms. The third-order valence-electron chi connectivity index (χ3n) is 4.31. The molecule has 1 N–H and O–H groups in total. The van der Waals surface area contributed by atoms with Gasteiger partial charge in [0.1, 0.15) is 11.6 Å². The van der Waals surface area contributed by atoms with E-state index in [4.69, 9.17) is 4.74 Å². The third-order valence-corrected chi connectivity index (χ3v) is 5.10. The van der Waals surface area contributed by atoms with Crippen molar-refractivity contribution in [2.75, 3.05) is 16.8 Å². The maximum absolute atomic E-state index is 13.2. The molecule has 0 atom stereocenters. The summed E-state index contributed by atoms with van der Waals surface area (Å²) in [6, 6.07) is 11.8. The minimum absolute atomic E-state index is 0.216. The van der Waals surface area contributed by atoms with Crippen LogP contribution in [0.3, 0.4) is 0 Å². The van der Waals surface area contributed by atoms with Crippen molar-refractivity contribution in [1.29, 1.82) is 0 Å². The predicted octanol–water partition coefficient (Wildman–Crippen LogP) is 5.37. The molecule has 27 heavy (non-hydrogen) atoms. The fraction of sp³-hybridized carbons (Fsp3) is 0.200. The predicted molar refractivity (Wildman–Crippen MR) is 104 cm³/mol. The number of carbonyl (C=O) groups is 1. The summed E-state index contributed by atoms with van der Waals surface area (Å²) >= 11 is 1.20. The van der Waals surface area contributed by atoms with E-state index in [-0.39, 0.29) is 11.8 Å². The minimum atomic E-state index is -0.371. The maximum Gasteiger partial charge on any atom is 0.328 e. The number of nitrogens with one attached hydrogen (secondary N) is 1. The number of thiazole rings is 1. The molecule has 0 saturated heterocycles. The van der Waals surface area contributed by atoms with E-state index in [1.54, 1.807) is 17.0 Å². The van der Waals surface area contributed by atoms with E-state index in [1.807, 2.05) is 12.1 Å². The Bertz CT molecular complexity index is 989. The fourth-order valence-electron chi connectivity index (χ4n) is 3.11. The SMILES string of the molecule is Cc1ccc2c(c1)CCCN2C(=O)Nc1ncc(Oc2cccc(F)c2)s1. The summed E-state index contributed by atoms with van der Waals surface area (Å²) in [4.78, 5) is 18.6. The van der Waals surface area contributed by atoms with Crippen LogP contribution in [-0.4, -0.2) is 17.6 Å². The first-order valence-corrected chi connectivity index (χ1v) is 9.47. The quantitative estimate of drug-likeness (QED) is 0.662. The number of hydrogen-bond acceptors (Lipinski definition) is 4. The summed E-state index contributed by atoms with van der Waals surface area (Å²) in [5, 5.41) is 3.74. The molecule has 0 aliphatic carbocycles. The number of urea groups is 1. The van der Waals surface area contributed by atoms with Crippen molar-refractivity contribution < 1.29 is 13.9 Å². The summed E-state index contributed by atoms with van der Waals surface area (Å²) in [5.41, 5.74) is 3.32. The van der Waals surface area contributed by atoms with Gasteiger partial charge >= 0.3 is 6.03 Å². The summed E-state index contributed by atoms with van der Waals surface area (Å²) in [6.07, 6.45) is 3.41. The normalized spacial score (nSPS) is 13.2. The van der Waals surface area contributed by atoms with Gasteiger partial charge in [0, 0.05) is 18.3 Å². The lowest BCUT2D eigenvalue weighted by Gasteiger charge is -2.29. The molecule has 0 bridgehead atoms. The number of anilines is 2. The molecule has 0 unspecified atom stereocenters. The number of aromatic nitrogens is 1. The first-order chi connectivity index (χ1) is 13.1. The first kappa shape index (κ1) is 17.5. The lowest BCUT2D eigenvalue weighted by Crippen LogP contribution is -2.38. The Labute approximate surface area is 160 Å². The Morgan fingerprint density at radius 3 is 3.04 bits per heavy atom. The first-order valence-electron chi connectivity index (χ1n) is 8.66. The van der Waals surface area contributed by atoms with Crippen molar-refractivity contribution in [3.8, 4) is 10.8 Å². The van der Waals surface area contributed by atoms with Gasteiger partial charge in [-0.05, 0) is 43.5 Å². The van der Waals surface area contributed by atoms with Crippen LogP contribution in [0.25, 0.3) is 0 Å². The van der Waals surface area contributed by atoms with E-state index in [9.17, 15) is 9.18 Å². The lowest BCUT2D eigenvalue weighted by atomic mass is 10.00. The Morgan fingerprint density at radius 2 is 2.19 bits per heavy atom. The summed E-state index contributed by atoms with van der Waals surface area (Å²) in [6.45, 7) is 2.72. The monoisotopic (exact) mass is 383 g/mol. The molecule has 2 amide bonds. The number of nitrogens with zero attached hydrogens (tertiary/aromatic N) is 2. The van der Waals surface area contributed by atoms with Crippen LogP contribution in [0.15, 0.2) is 48.7 Å². The zero-order chi connectivity index (χ0) is 18.8. The average molecular weight is 383 g/mol. The molecule has 3 aromatic rings. The number of amides is 2. The van der Waals surface area contributed by atoms with Crippen LogP contribution in [0, 0.1) is 12.7 Å². The molecule has 4 rings (SSSR count). The van der Waals surface area contributed by atoms with Gasteiger partial charge in [-0.2, -0.15) is 0 Å². The zero-order valence-electron chi connectivity index (χ0n) is 14.7. The fourth-order valence-corrected chi connectivity index (χ4v) is 3.78. The second-order valence-corrected chi connectivity index (χ2v) is 7.35. The number of benzene rings is 2. The van der Waals surface area contributed by atoms with Crippen molar-refractivity contribution in [2.24, 2.45) is 0 Å². The summed E-state index contributed by atoms with van der Waals surface area (Å²) in [5.74, 6) is 0.0152. The Hall–Kier alpha value is -2.93. The third kappa shape index (κ3) is 3.93. The molecular weight excluding hydrogens is 365 g/mol. The largest absolute Gasteiger partial charge is 0.445 e. The van der Waals surface area contributed by atoms with Crippen LogP contribution in [0.5, 0.6) is 10.8 Å². The Kier molecular flexibility index (Phi) is 4.77. The highest BCUT2D eigenvalue weighted by Gasteiger charge is 2.23. The molecule has 1 aliphatic heterocycles. The van der Waals surface area contributed by atoms with E-state index < -0.39 is 0 Å². The second-order valence-electron chi connectivity index (χ2n) is 6.36. The molecular formula is C20H18FN3O2S. The standard InChI is InChI=1S/C20H18FN3O2S/c1-13-7-8-17-14(10-13)4-3-9-24(17)20(25)23-19-22-12-18(27-19)26-16-6-2-5-15(21)11-16/h2,5-8,10-12H,3-4,9H2,1H3,(H,22,23,25). The highest BCUT2D eigenvalue weighted by atomic mass is 32.1. The van der Waals surface area contributed by atoms with E-state index in [0.29, 0.717) is 22.5 Å². The van der Waals surface area contributed by atoms with Crippen LogP contribution >= 0.6 is 11.3 Å². The second kappa shape index (κ2) is 7.36. The minimum Gasteiger partial charge on any atom is -0.445 e. The van der Waals surface area contributed by atoms with Gasteiger partial charge < -0.3 is 4.74 Å². The van der Waals surface area contributed by atoms with Gasteiger partial charge in [-0.1, -0.05) is 35.1 Å². The number of aryl methyl sites for hydroxylation is 2. The number of fused-ring (bicyclic) bond motifs is 1. The highest BCUT2D eigenvalue weighted by Crippen LogP contribution is 2.32. The molecule has 1 aromatic heterocycles. The molecule has 1 aliphatic rings. The van der Waals surface area contributed by atoms with Gasteiger partial charge in [-0.3, -0.25) is 10.2 Å². The number of hydrogen-bond donors (Lipinski definition) is 1. The van der Waals surface area contributed by atoms with Gasteiger partial charge in [0.25, 0.3) is 0 Å². The average Bonchev–Trinajstić information content (AvgIpc) is 3.07. The Morgan fingerprint density at radius 1 is 1.30 bits per heavy atom. The number of rotatable bonds is 3. The smallest absolute Gasteiger partial charge is 0.328 e. The van der Waals surface area contributed by atoms with Gasteiger partial charge in [0.05, 0.1) is 6.20 Å². The van der Waals surface area contributed by atoms with E-state index >= 15 is 0 Å². The molecule has 2 heterocycles. The summed E-state index contributed by atoms with van der Waals surface area (Å²) in [7, 11) is 0. The van der Waals surface area contributed by atoms with Crippen molar-refractivity contribution in [3.63, 3.8) is 0 Å². The van der Waals surface area contributed by atoms with Gasteiger partial charge in [0.2, 0.25) is 5.06 Å². The number of ether oxygens (including phenoxy) is 1. The Balaban J connectivity index is 1.46. The van der Waals surface area contributed by atoms with E-state index in [2.05, 4.69) is 23.3 Å². The van der Waals surface area contributed by atoms with Gasteiger partial charge in [0.15, 0.2) is 5.13 Å². The number of halogens is 1. The highest BCUT2D eigenvalue weighted by molar-refractivity contribution is 7.17. The van der Waals surface area contributed by atoms with Crippen molar-refractivity contribution in [3.05, 3.63) is 65.6 Å². The maximum atomic E-state index is 13.2. The molecule has 7 heteroatoms. The van der Waals surface area contributed by atoms with Crippen LogP contribution < -0.4 is 15.0 Å². The lowest BCUT2D eigenvalue weighted by molar-refractivity contribution is 0.256. The van der Waals surface area contributed by atoms with Crippen molar-refractivity contribution in [1.82, 2.24) is 4.98 Å². The molecule has 0 saturated carbocycles. The molecule has 0 fully saturated rings. The molecule has 138 valence electrons. The molecule has 2 aromatic carbocycles. The topological polar surface area (TPSA) is 54.5 Å². The van der Waals surface area contributed by atoms with Crippen molar-refractivity contribution in [2.45, 2.75) is 19.8 Å². The van der Waals surface area contributed by atoms with E-state index in [0.717, 1.165) is 18.5 Å². The summed E-state index contributed by atoms with van der Waals surface area (Å²) < 4.78 is 18.8.